The quantitative estimate of drug-likeness (QED) is 0.613. The molecule has 2 rings (SSSR count). The first-order chi connectivity index (χ1) is 12.5. The van der Waals surface area contributed by atoms with Crippen molar-refractivity contribution < 1.29 is 14.3 Å². The van der Waals surface area contributed by atoms with E-state index in [-0.39, 0.29) is 18.7 Å². The molecule has 140 valence electrons. The topological polar surface area (TPSA) is 38.8 Å². The second-order valence-electron chi connectivity index (χ2n) is 6.55. The van der Waals surface area contributed by atoms with Crippen molar-refractivity contribution in [3.63, 3.8) is 0 Å². The van der Waals surface area contributed by atoms with Crippen molar-refractivity contribution in [2.24, 2.45) is 0 Å². The van der Waals surface area contributed by atoms with E-state index in [1.165, 1.54) is 5.56 Å². The summed E-state index contributed by atoms with van der Waals surface area (Å²) in [5.41, 5.74) is 2.78. The van der Waals surface area contributed by atoms with Gasteiger partial charge in [0.1, 0.15) is 12.4 Å². The van der Waals surface area contributed by atoms with Crippen LogP contribution in [-0.4, -0.2) is 30.1 Å². The summed E-state index contributed by atoms with van der Waals surface area (Å²) in [5, 5.41) is 0. The Balaban J connectivity index is 1.86. The SMILES string of the molecule is CCN(CC)Cc1ccc(COC(=O)c2ccc(OC(C)C)cc2)cc1. The highest BCUT2D eigenvalue weighted by molar-refractivity contribution is 5.89. The third kappa shape index (κ3) is 6.19. The predicted octanol–water partition coefficient (Wildman–Crippen LogP) is 4.67. The van der Waals surface area contributed by atoms with Crippen LogP contribution < -0.4 is 4.74 Å². The zero-order chi connectivity index (χ0) is 18.9. The zero-order valence-electron chi connectivity index (χ0n) is 16.2. The number of carbonyl (C=O) groups is 1. The number of rotatable bonds is 9. The standard InChI is InChI=1S/C22H29NO3/c1-5-23(6-2)15-18-7-9-19(10-8-18)16-25-22(24)20-11-13-21(14-12-20)26-17(3)4/h7-14,17H,5-6,15-16H2,1-4H3. The number of hydrogen-bond donors (Lipinski definition) is 0. The predicted molar refractivity (Wildman–Crippen MR) is 104 cm³/mol. The summed E-state index contributed by atoms with van der Waals surface area (Å²) >= 11 is 0. The molecule has 0 aliphatic rings. The molecule has 0 amide bonds. The lowest BCUT2D eigenvalue weighted by Gasteiger charge is -2.18. The summed E-state index contributed by atoms with van der Waals surface area (Å²) in [7, 11) is 0. The van der Waals surface area contributed by atoms with Crippen LogP contribution in [0, 0.1) is 0 Å². The molecule has 0 radical (unpaired) electrons. The maximum absolute atomic E-state index is 12.2. The molecule has 0 aliphatic carbocycles. The molecule has 0 saturated carbocycles. The van der Waals surface area contributed by atoms with Crippen molar-refractivity contribution in [3.05, 3.63) is 65.2 Å². The molecule has 0 spiro atoms. The molecule has 0 heterocycles. The lowest BCUT2D eigenvalue weighted by molar-refractivity contribution is 0.0472. The minimum Gasteiger partial charge on any atom is -0.491 e. The fourth-order valence-corrected chi connectivity index (χ4v) is 2.62. The second-order valence-corrected chi connectivity index (χ2v) is 6.55. The van der Waals surface area contributed by atoms with Gasteiger partial charge in [-0.25, -0.2) is 4.79 Å². The highest BCUT2D eigenvalue weighted by Crippen LogP contribution is 2.15. The lowest BCUT2D eigenvalue weighted by atomic mass is 10.1. The molecule has 0 aliphatic heterocycles. The summed E-state index contributed by atoms with van der Waals surface area (Å²) in [6.07, 6.45) is 0.109. The Kier molecular flexibility index (Phi) is 7.67. The number of benzene rings is 2. The number of nitrogens with zero attached hydrogens (tertiary/aromatic N) is 1. The summed E-state index contributed by atoms with van der Waals surface area (Å²) in [4.78, 5) is 14.5. The van der Waals surface area contributed by atoms with Gasteiger partial charge < -0.3 is 9.47 Å². The first-order valence-corrected chi connectivity index (χ1v) is 9.25. The van der Waals surface area contributed by atoms with Crippen LogP contribution in [0.4, 0.5) is 0 Å². The largest absolute Gasteiger partial charge is 0.491 e. The van der Waals surface area contributed by atoms with E-state index in [4.69, 9.17) is 9.47 Å². The highest BCUT2D eigenvalue weighted by atomic mass is 16.5. The molecule has 4 nitrogen and oxygen atoms in total. The van der Waals surface area contributed by atoms with Gasteiger partial charge >= 0.3 is 5.97 Å². The molecule has 0 aromatic heterocycles. The monoisotopic (exact) mass is 355 g/mol. The maximum Gasteiger partial charge on any atom is 0.338 e. The van der Waals surface area contributed by atoms with E-state index in [0.29, 0.717) is 5.56 Å². The van der Waals surface area contributed by atoms with Crippen LogP contribution in [0.3, 0.4) is 0 Å². The molecule has 4 heteroatoms. The number of esters is 1. The minimum absolute atomic E-state index is 0.109. The van der Waals surface area contributed by atoms with E-state index in [9.17, 15) is 4.79 Å². The second kappa shape index (κ2) is 9.97. The van der Waals surface area contributed by atoms with Crippen LogP contribution in [0.1, 0.15) is 49.2 Å². The fourth-order valence-electron chi connectivity index (χ4n) is 2.62. The molecule has 0 bridgehead atoms. The van der Waals surface area contributed by atoms with Crippen LogP contribution in [0.5, 0.6) is 5.75 Å². The smallest absolute Gasteiger partial charge is 0.338 e. The minimum atomic E-state index is -0.326. The molecule has 2 aromatic carbocycles. The average molecular weight is 355 g/mol. The van der Waals surface area contributed by atoms with Gasteiger partial charge in [0.15, 0.2) is 0 Å². The third-order valence-corrected chi connectivity index (χ3v) is 4.16. The molecular formula is C22H29NO3. The van der Waals surface area contributed by atoms with Crippen LogP contribution in [0.2, 0.25) is 0 Å². The van der Waals surface area contributed by atoms with Gasteiger partial charge in [0, 0.05) is 6.54 Å². The van der Waals surface area contributed by atoms with Gasteiger partial charge in [0.2, 0.25) is 0 Å². The third-order valence-electron chi connectivity index (χ3n) is 4.16. The van der Waals surface area contributed by atoms with Crippen molar-refractivity contribution in [2.75, 3.05) is 13.1 Å². The molecule has 0 N–H and O–H groups in total. The molecule has 0 atom stereocenters. The Morgan fingerprint density at radius 1 is 0.923 bits per heavy atom. The Morgan fingerprint density at radius 2 is 1.50 bits per heavy atom. The number of hydrogen-bond acceptors (Lipinski definition) is 4. The Labute approximate surface area is 156 Å². The molecule has 2 aromatic rings. The summed E-state index contributed by atoms with van der Waals surface area (Å²) < 4.78 is 11.0. The first kappa shape index (κ1) is 20.0. The fraction of sp³-hybridized carbons (Fsp3) is 0.409. The molecular weight excluding hydrogens is 326 g/mol. The van der Waals surface area contributed by atoms with E-state index < -0.39 is 0 Å². The number of ether oxygens (including phenoxy) is 2. The van der Waals surface area contributed by atoms with Crippen molar-refractivity contribution in [2.45, 2.75) is 47.0 Å². The van der Waals surface area contributed by atoms with Crippen molar-refractivity contribution >= 4 is 5.97 Å². The highest BCUT2D eigenvalue weighted by Gasteiger charge is 2.08. The average Bonchev–Trinajstić information content (AvgIpc) is 2.65. The van der Waals surface area contributed by atoms with Gasteiger partial charge in [-0.05, 0) is 62.3 Å². The number of carbonyl (C=O) groups excluding carboxylic acids is 1. The molecule has 0 fully saturated rings. The first-order valence-electron chi connectivity index (χ1n) is 9.25. The van der Waals surface area contributed by atoms with Gasteiger partial charge in [0.05, 0.1) is 11.7 Å². The van der Waals surface area contributed by atoms with Gasteiger partial charge in [-0.1, -0.05) is 38.1 Å². The van der Waals surface area contributed by atoms with Crippen LogP contribution >= 0.6 is 0 Å². The van der Waals surface area contributed by atoms with Crippen molar-refractivity contribution in [1.29, 1.82) is 0 Å². The van der Waals surface area contributed by atoms with Crippen molar-refractivity contribution in [3.8, 4) is 5.75 Å². The molecule has 26 heavy (non-hydrogen) atoms. The summed E-state index contributed by atoms with van der Waals surface area (Å²) in [5.74, 6) is 0.425. The summed E-state index contributed by atoms with van der Waals surface area (Å²) in [6.45, 7) is 11.6. The van der Waals surface area contributed by atoms with Gasteiger partial charge in [-0.3, -0.25) is 4.90 Å². The van der Waals surface area contributed by atoms with Gasteiger partial charge in [0.25, 0.3) is 0 Å². The Morgan fingerprint density at radius 3 is 2.04 bits per heavy atom. The van der Waals surface area contributed by atoms with E-state index in [1.807, 2.05) is 26.0 Å². The van der Waals surface area contributed by atoms with Crippen LogP contribution in [-0.2, 0) is 17.9 Å². The zero-order valence-corrected chi connectivity index (χ0v) is 16.2. The lowest BCUT2D eigenvalue weighted by Crippen LogP contribution is -2.22. The Bertz CT molecular complexity index is 674. The Hall–Kier alpha value is -2.33. The van der Waals surface area contributed by atoms with E-state index in [1.54, 1.807) is 24.3 Å². The van der Waals surface area contributed by atoms with Gasteiger partial charge in [-0.2, -0.15) is 0 Å². The molecule has 0 unspecified atom stereocenters. The summed E-state index contributed by atoms with van der Waals surface area (Å²) in [6, 6.07) is 15.3. The van der Waals surface area contributed by atoms with Crippen molar-refractivity contribution in [1.82, 2.24) is 4.90 Å². The van der Waals surface area contributed by atoms with E-state index >= 15 is 0 Å². The van der Waals surface area contributed by atoms with Crippen LogP contribution in [0.25, 0.3) is 0 Å². The maximum atomic E-state index is 12.2. The van der Waals surface area contributed by atoms with E-state index in [0.717, 1.165) is 30.9 Å². The van der Waals surface area contributed by atoms with Crippen LogP contribution in [0.15, 0.2) is 48.5 Å². The van der Waals surface area contributed by atoms with Gasteiger partial charge in [-0.15, -0.1) is 0 Å². The molecule has 0 saturated heterocycles. The normalized spacial score (nSPS) is 11.0. The van der Waals surface area contributed by atoms with E-state index in [2.05, 4.69) is 30.9 Å².